The topological polar surface area (TPSA) is 154 Å². The van der Waals surface area contributed by atoms with Gasteiger partial charge in [0, 0.05) is 5.41 Å². The minimum Gasteiger partial charge on any atom is -0.460 e. The van der Waals surface area contributed by atoms with Crippen molar-refractivity contribution in [3.05, 3.63) is 47.5 Å². The fourth-order valence-electron chi connectivity index (χ4n) is 12.0. The van der Waals surface area contributed by atoms with Gasteiger partial charge in [-0.05, 0) is 109 Å². The molecule has 12 heteroatoms. The molecule has 6 rings (SSSR count). The number of esters is 1. The van der Waals surface area contributed by atoms with Gasteiger partial charge in [0.2, 0.25) is 0 Å². The Morgan fingerprint density at radius 2 is 1.51 bits per heavy atom. The van der Waals surface area contributed by atoms with Gasteiger partial charge in [-0.25, -0.2) is 8.37 Å². The second-order valence-electron chi connectivity index (χ2n) is 17.7. The Morgan fingerprint density at radius 3 is 2.16 bits per heavy atom. The quantitative estimate of drug-likeness (QED) is 0.157. The van der Waals surface area contributed by atoms with E-state index >= 15 is 0 Å². The van der Waals surface area contributed by atoms with Crippen molar-refractivity contribution in [3.63, 3.8) is 0 Å². The van der Waals surface area contributed by atoms with E-state index in [0.29, 0.717) is 12.8 Å². The summed E-state index contributed by atoms with van der Waals surface area (Å²) in [6.45, 7) is 13.2. The monoisotopic (exact) mass is 722 g/mol. The molecule has 5 aliphatic rings. The summed E-state index contributed by atoms with van der Waals surface area (Å²) >= 11 is 0. The molecule has 4 saturated carbocycles. The first kappa shape index (κ1) is 36.9. The lowest BCUT2D eigenvalue weighted by atomic mass is 9.33. The van der Waals surface area contributed by atoms with Gasteiger partial charge in [-0.3, -0.25) is 13.9 Å². The number of hydrogen-bond donors (Lipinski definition) is 2. The average Bonchev–Trinajstić information content (AvgIpc) is 3.00. The molecule has 2 N–H and O–H groups in total. The van der Waals surface area contributed by atoms with Crippen molar-refractivity contribution in [2.24, 2.45) is 50.2 Å². The molecule has 10 nitrogen and oxygen atoms in total. The molecule has 0 heterocycles. The molecule has 49 heavy (non-hydrogen) atoms. The van der Waals surface area contributed by atoms with E-state index in [4.69, 9.17) is 13.1 Å². The largest absolute Gasteiger partial charge is 0.460 e. The lowest BCUT2D eigenvalue weighted by molar-refractivity contribution is -0.212. The van der Waals surface area contributed by atoms with Crippen LogP contribution in [0.1, 0.15) is 111 Å². The minimum atomic E-state index is -4.84. The highest BCUT2D eigenvalue weighted by atomic mass is 32.3. The predicted octanol–water partition coefficient (Wildman–Crippen LogP) is 7.52. The van der Waals surface area contributed by atoms with E-state index < -0.39 is 44.3 Å². The van der Waals surface area contributed by atoms with E-state index in [-0.39, 0.29) is 58.4 Å². The Balaban J connectivity index is 1.36. The van der Waals surface area contributed by atoms with Crippen molar-refractivity contribution in [2.45, 2.75) is 118 Å². The van der Waals surface area contributed by atoms with E-state index in [0.717, 1.165) is 50.5 Å². The van der Waals surface area contributed by atoms with Crippen molar-refractivity contribution in [1.29, 1.82) is 0 Å². The second-order valence-corrected chi connectivity index (χ2v) is 19.8. The summed E-state index contributed by atoms with van der Waals surface area (Å²) in [6, 6.07) is 9.82. The Bertz CT molecular complexity index is 1710. The highest BCUT2D eigenvalue weighted by Gasteiger charge is 2.70. The van der Waals surface area contributed by atoms with Crippen molar-refractivity contribution in [3.8, 4) is 0 Å². The molecule has 1 aromatic rings. The zero-order valence-electron chi connectivity index (χ0n) is 29.7. The molecule has 4 fully saturated rings. The number of benzene rings is 1. The van der Waals surface area contributed by atoms with E-state index in [1.807, 2.05) is 30.3 Å². The summed E-state index contributed by atoms with van der Waals surface area (Å²) in [7, 11) is -9.65. The van der Waals surface area contributed by atoms with Crippen LogP contribution in [0.15, 0.2) is 42.0 Å². The zero-order valence-corrected chi connectivity index (χ0v) is 31.4. The van der Waals surface area contributed by atoms with Crippen LogP contribution >= 0.6 is 0 Å². The maximum atomic E-state index is 14.3. The number of hydrogen-bond acceptors (Lipinski definition) is 8. The number of rotatable bonds is 8. The first-order chi connectivity index (χ1) is 22.6. The van der Waals surface area contributed by atoms with Gasteiger partial charge in [0.25, 0.3) is 0 Å². The molecular weight excluding hydrogens is 669 g/mol. The van der Waals surface area contributed by atoms with E-state index in [9.17, 15) is 30.7 Å². The summed E-state index contributed by atoms with van der Waals surface area (Å²) in [5, 5.41) is 0. The van der Waals surface area contributed by atoms with Crippen LogP contribution in [0.3, 0.4) is 0 Å². The van der Waals surface area contributed by atoms with E-state index in [1.165, 1.54) is 5.57 Å². The van der Waals surface area contributed by atoms with Crippen molar-refractivity contribution in [2.75, 3.05) is 6.61 Å². The van der Waals surface area contributed by atoms with Crippen LogP contribution in [0.5, 0.6) is 0 Å². The van der Waals surface area contributed by atoms with Crippen molar-refractivity contribution < 1.29 is 43.8 Å². The van der Waals surface area contributed by atoms with Crippen molar-refractivity contribution >= 4 is 26.8 Å². The first-order valence-corrected chi connectivity index (χ1v) is 20.5. The van der Waals surface area contributed by atoms with Gasteiger partial charge in [-0.15, -0.1) is 0 Å². The first-order valence-electron chi connectivity index (χ1n) is 17.8. The van der Waals surface area contributed by atoms with Crippen LogP contribution in [0, 0.1) is 50.2 Å². The highest BCUT2D eigenvalue weighted by molar-refractivity contribution is 7.81. The molecule has 0 radical (unpaired) electrons. The Kier molecular flexibility index (Phi) is 9.14. The normalized spacial score (nSPS) is 41.7. The molecule has 0 saturated heterocycles. The average molecular weight is 723 g/mol. The molecule has 1 aromatic carbocycles. The van der Waals surface area contributed by atoms with E-state index in [1.54, 1.807) is 6.92 Å². The van der Waals surface area contributed by atoms with Crippen LogP contribution in [0.2, 0.25) is 0 Å². The summed E-state index contributed by atoms with van der Waals surface area (Å²) < 4.78 is 82.9. The number of allylic oxidation sites excluding steroid dienone is 2. The summed E-state index contributed by atoms with van der Waals surface area (Å²) in [6.07, 6.45) is 8.78. The molecule has 0 aliphatic heterocycles. The van der Waals surface area contributed by atoms with Gasteiger partial charge >= 0.3 is 26.8 Å². The zero-order chi connectivity index (χ0) is 35.9. The number of carbonyl (C=O) groups is 1. The smallest absolute Gasteiger partial charge is 0.397 e. The molecule has 0 aromatic heterocycles. The fraction of sp³-hybridized carbons (Fsp3) is 0.757. The maximum Gasteiger partial charge on any atom is 0.397 e. The summed E-state index contributed by atoms with van der Waals surface area (Å²) in [5.41, 5.74) is 0.00504. The highest BCUT2D eigenvalue weighted by Crippen LogP contribution is 2.76. The molecule has 5 aliphatic carbocycles. The summed E-state index contributed by atoms with van der Waals surface area (Å²) in [4.78, 5) is 14.3. The number of ether oxygens (including phenoxy) is 1. The predicted molar refractivity (Wildman–Crippen MR) is 184 cm³/mol. The third-order valence-electron chi connectivity index (χ3n) is 14.8. The SMILES string of the molecule is CC1(C)CC[C@]2(C(=O)OCc3ccccc3)CC[C@]3(C)C(=CCC4[C@@]5(C)CC[C@H](OS(=O)(=O)O)[C@@](C)(COS(=O)(=O)O)C5CC[C@]43C)[C@@H]2C1. The van der Waals surface area contributed by atoms with Gasteiger partial charge in [0.05, 0.1) is 18.1 Å². The third-order valence-corrected chi connectivity index (χ3v) is 15.6. The van der Waals surface area contributed by atoms with Gasteiger partial charge in [0.1, 0.15) is 6.61 Å². The molecule has 2 unspecified atom stereocenters. The van der Waals surface area contributed by atoms with Gasteiger partial charge < -0.3 is 4.74 Å². The molecule has 274 valence electrons. The lowest BCUT2D eigenvalue weighted by Gasteiger charge is -2.71. The molecule has 0 spiro atoms. The van der Waals surface area contributed by atoms with Crippen LogP contribution in [-0.4, -0.2) is 44.6 Å². The van der Waals surface area contributed by atoms with Gasteiger partial charge in [0.15, 0.2) is 0 Å². The number of carbonyl (C=O) groups excluding carboxylic acids is 1. The van der Waals surface area contributed by atoms with Gasteiger partial charge in [-0.2, -0.15) is 16.8 Å². The fourth-order valence-corrected chi connectivity index (χ4v) is 13.0. The minimum absolute atomic E-state index is 0.0638. The van der Waals surface area contributed by atoms with Gasteiger partial charge in [-0.1, -0.05) is 83.5 Å². The Morgan fingerprint density at radius 1 is 0.837 bits per heavy atom. The molecule has 0 bridgehead atoms. The summed E-state index contributed by atoms with van der Waals surface area (Å²) in [5.74, 6) is -0.0788. The van der Waals surface area contributed by atoms with Crippen LogP contribution in [0.25, 0.3) is 0 Å². The second kappa shape index (κ2) is 12.1. The standard InChI is InChI=1S/C37H54O10S2/c1-32(2)18-20-37(31(38)45-23-25-10-8-7-9-11-25)21-19-35(5)26(27(37)22-32)12-13-29-33(3)16-15-30(47-49(42,43)44)34(4,24-46-48(39,40)41)28(33)14-17-36(29,35)6/h7-12,27-30H,13-24H2,1-6H3,(H,39,40,41)(H,42,43,44)/t27-,28?,29?,30-,33-,34-,35+,36+,37-/m0/s1. The molecular formula is C37H54O10S2. The maximum absolute atomic E-state index is 14.3. The Hall–Kier alpha value is -1.83. The Labute approximate surface area is 292 Å². The van der Waals surface area contributed by atoms with E-state index in [2.05, 4.69) is 40.7 Å². The lowest BCUT2D eigenvalue weighted by Crippen LogP contribution is -2.66. The van der Waals surface area contributed by atoms with Crippen LogP contribution in [-0.2, 0) is 45.3 Å². The van der Waals surface area contributed by atoms with Crippen LogP contribution in [0.4, 0.5) is 0 Å². The van der Waals surface area contributed by atoms with Crippen molar-refractivity contribution in [1.82, 2.24) is 0 Å². The van der Waals surface area contributed by atoms with Crippen LogP contribution < -0.4 is 0 Å². The molecule has 0 amide bonds. The number of fused-ring (bicyclic) bond motifs is 7. The molecule has 9 atom stereocenters. The third kappa shape index (κ3) is 6.24.